The molecular formula is C17H29NO. The van der Waals surface area contributed by atoms with Crippen LogP contribution in [-0.2, 0) is 0 Å². The first-order chi connectivity index (χ1) is 9.04. The van der Waals surface area contributed by atoms with Crippen molar-refractivity contribution in [2.45, 2.75) is 58.5 Å². The fourth-order valence-electron chi connectivity index (χ4n) is 2.70. The zero-order valence-corrected chi connectivity index (χ0v) is 12.8. The number of nitrogens with two attached hydrogens (primary N) is 1. The van der Waals surface area contributed by atoms with E-state index in [2.05, 4.69) is 52.0 Å². The minimum absolute atomic E-state index is 0.0473. The molecule has 1 aromatic rings. The van der Waals surface area contributed by atoms with Crippen molar-refractivity contribution >= 4 is 0 Å². The molecule has 19 heavy (non-hydrogen) atoms. The van der Waals surface area contributed by atoms with Gasteiger partial charge in [0, 0.05) is 12.5 Å². The van der Waals surface area contributed by atoms with Gasteiger partial charge in [-0.2, -0.15) is 0 Å². The van der Waals surface area contributed by atoms with Gasteiger partial charge in [-0.25, -0.2) is 0 Å². The predicted octanol–water partition coefficient (Wildman–Crippen LogP) is 3.65. The van der Waals surface area contributed by atoms with E-state index in [0.717, 1.165) is 18.4 Å². The molecule has 0 fully saturated rings. The molecule has 108 valence electrons. The van der Waals surface area contributed by atoms with E-state index >= 15 is 0 Å². The third-order valence-corrected chi connectivity index (χ3v) is 4.23. The summed E-state index contributed by atoms with van der Waals surface area (Å²) >= 11 is 0. The van der Waals surface area contributed by atoms with E-state index in [1.165, 1.54) is 5.56 Å². The molecule has 0 saturated heterocycles. The van der Waals surface area contributed by atoms with Crippen LogP contribution in [0.4, 0.5) is 0 Å². The van der Waals surface area contributed by atoms with E-state index in [1.807, 2.05) is 0 Å². The van der Waals surface area contributed by atoms with Crippen LogP contribution in [0.1, 0.15) is 63.5 Å². The van der Waals surface area contributed by atoms with Crippen molar-refractivity contribution in [1.29, 1.82) is 0 Å². The molecule has 0 radical (unpaired) electrons. The minimum Gasteiger partial charge on any atom is -0.392 e. The number of aliphatic hydroxyl groups excluding tert-OH is 1. The van der Waals surface area contributed by atoms with Crippen molar-refractivity contribution in [3.8, 4) is 0 Å². The number of aliphatic hydroxyl groups is 1. The van der Waals surface area contributed by atoms with Gasteiger partial charge in [0.25, 0.3) is 0 Å². The molecule has 0 bridgehead atoms. The molecule has 1 aromatic carbocycles. The summed E-state index contributed by atoms with van der Waals surface area (Å²) in [6, 6.07) is 8.56. The molecule has 0 saturated carbocycles. The summed E-state index contributed by atoms with van der Waals surface area (Å²) in [6.45, 7) is 9.14. The van der Waals surface area contributed by atoms with Gasteiger partial charge in [-0.15, -0.1) is 0 Å². The van der Waals surface area contributed by atoms with Gasteiger partial charge in [0.2, 0.25) is 0 Å². The Bertz CT molecular complexity index is 354. The highest BCUT2D eigenvalue weighted by molar-refractivity contribution is 5.28. The summed E-state index contributed by atoms with van der Waals surface area (Å²) in [5.41, 5.74) is 8.38. The number of benzene rings is 1. The molecule has 0 heterocycles. The molecule has 2 unspecified atom stereocenters. The van der Waals surface area contributed by atoms with E-state index < -0.39 is 0 Å². The van der Waals surface area contributed by atoms with Crippen LogP contribution >= 0.6 is 0 Å². The van der Waals surface area contributed by atoms with Crippen molar-refractivity contribution in [3.63, 3.8) is 0 Å². The monoisotopic (exact) mass is 263 g/mol. The fraction of sp³-hybridized carbons (Fsp3) is 0.647. The predicted molar refractivity (Wildman–Crippen MR) is 82.4 cm³/mol. The molecule has 0 amide bonds. The van der Waals surface area contributed by atoms with Crippen molar-refractivity contribution in [3.05, 3.63) is 35.4 Å². The van der Waals surface area contributed by atoms with Crippen LogP contribution in [0, 0.1) is 5.92 Å². The van der Waals surface area contributed by atoms with Gasteiger partial charge >= 0.3 is 0 Å². The third-order valence-electron chi connectivity index (χ3n) is 4.23. The molecule has 2 atom stereocenters. The lowest BCUT2D eigenvalue weighted by Crippen LogP contribution is -2.32. The second-order valence-electron chi connectivity index (χ2n) is 5.73. The van der Waals surface area contributed by atoms with Crippen LogP contribution in [0.25, 0.3) is 0 Å². The van der Waals surface area contributed by atoms with Crippen molar-refractivity contribution in [1.82, 2.24) is 0 Å². The molecule has 0 aliphatic heterocycles. The van der Waals surface area contributed by atoms with E-state index in [1.54, 1.807) is 0 Å². The summed E-state index contributed by atoms with van der Waals surface area (Å²) in [6.07, 6.45) is 1.65. The van der Waals surface area contributed by atoms with E-state index in [9.17, 15) is 5.11 Å². The average Bonchev–Trinajstić information content (AvgIpc) is 2.41. The standard InChI is InChI=1S/C17H29NO/c1-5-13(6-2)17(19)16(11-18)15-9-7-14(8-10-15)12(3)4/h7-10,12-13,16-17,19H,5-6,11,18H2,1-4H3. The van der Waals surface area contributed by atoms with Crippen LogP contribution in [-0.4, -0.2) is 17.8 Å². The van der Waals surface area contributed by atoms with Gasteiger partial charge in [-0.3, -0.25) is 0 Å². The molecule has 2 nitrogen and oxygen atoms in total. The van der Waals surface area contributed by atoms with Crippen molar-refractivity contribution in [2.75, 3.05) is 6.54 Å². The summed E-state index contributed by atoms with van der Waals surface area (Å²) in [5, 5.41) is 10.5. The lowest BCUT2D eigenvalue weighted by Gasteiger charge is -2.28. The van der Waals surface area contributed by atoms with E-state index in [-0.39, 0.29) is 12.0 Å². The first-order valence-electron chi connectivity index (χ1n) is 7.53. The smallest absolute Gasteiger partial charge is 0.0648 e. The third kappa shape index (κ3) is 4.05. The normalized spacial score (nSPS) is 14.9. The summed E-state index contributed by atoms with van der Waals surface area (Å²) < 4.78 is 0. The fourth-order valence-corrected chi connectivity index (χ4v) is 2.70. The first-order valence-corrected chi connectivity index (χ1v) is 7.53. The molecule has 3 N–H and O–H groups in total. The Balaban J connectivity index is 2.90. The molecule has 0 aliphatic rings. The van der Waals surface area contributed by atoms with Crippen LogP contribution < -0.4 is 5.73 Å². The van der Waals surface area contributed by atoms with Gasteiger partial charge in [0.15, 0.2) is 0 Å². The van der Waals surface area contributed by atoms with E-state index in [0.29, 0.717) is 18.4 Å². The Kier molecular flexibility index (Phi) is 6.53. The highest BCUT2D eigenvalue weighted by Crippen LogP contribution is 2.28. The minimum atomic E-state index is -0.343. The Hall–Kier alpha value is -0.860. The second-order valence-corrected chi connectivity index (χ2v) is 5.73. The van der Waals surface area contributed by atoms with E-state index in [4.69, 9.17) is 5.73 Å². The highest BCUT2D eigenvalue weighted by Gasteiger charge is 2.25. The first kappa shape index (κ1) is 16.2. The number of rotatable bonds is 7. The highest BCUT2D eigenvalue weighted by atomic mass is 16.3. The molecular weight excluding hydrogens is 234 g/mol. The van der Waals surface area contributed by atoms with Crippen LogP contribution in [0.15, 0.2) is 24.3 Å². The quantitative estimate of drug-likeness (QED) is 0.789. The maximum atomic E-state index is 10.5. The van der Waals surface area contributed by atoms with Gasteiger partial charge in [0.05, 0.1) is 6.10 Å². The largest absolute Gasteiger partial charge is 0.392 e. The van der Waals surface area contributed by atoms with Crippen LogP contribution in [0.2, 0.25) is 0 Å². The van der Waals surface area contributed by atoms with Gasteiger partial charge in [-0.1, -0.05) is 64.8 Å². The molecule has 2 heteroatoms. The molecule has 1 rings (SSSR count). The van der Waals surface area contributed by atoms with Crippen LogP contribution in [0.3, 0.4) is 0 Å². The van der Waals surface area contributed by atoms with Gasteiger partial charge in [0.1, 0.15) is 0 Å². The molecule has 0 aliphatic carbocycles. The molecule has 0 spiro atoms. The topological polar surface area (TPSA) is 46.2 Å². The Morgan fingerprint density at radius 3 is 1.84 bits per heavy atom. The second kappa shape index (κ2) is 7.66. The van der Waals surface area contributed by atoms with Crippen molar-refractivity contribution < 1.29 is 5.11 Å². The Morgan fingerprint density at radius 2 is 1.47 bits per heavy atom. The lowest BCUT2D eigenvalue weighted by atomic mass is 9.83. The Morgan fingerprint density at radius 1 is 1.00 bits per heavy atom. The van der Waals surface area contributed by atoms with Crippen molar-refractivity contribution in [2.24, 2.45) is 11.7 Å². The van der Waals surface area contributed by atoms with Gasteiger partial charge < -0.3 is 10.8 Å². The Labute approximate surface area is 118 Å². The summed E-state index contributed by atoms with van der Waals surface area (Å²) in [4.78, 5) is 0. The number of hydrogen-bond acceptors (Lipinski definition) is 2. The van der Waals surface area contributed by atoms with Crippen LogP contribution in [0.5, 0.6) is 0 Å². The maximum absolute atomic E-state index is 10.5. The summed E-state index contributed by atoms with van der Waals surface area (Å²) in [7, 11) is 0. The lowest BCUT2D eigenvalue weighted by molar-refractivity contribution is 0.0779. The van der Waals surface area contributed by atoms with Gasteiger partial charge in [-0.05, 0) is 23.0 Å². The molecule has 0 aromatic heterocycles. The maximum Gasteiger partial charge on any atom is 0.0648 e. The average molecular weight is 263 g/mol. The summed E-state index contributed by atoms with van der Waals surface area (Å²) in [5.74, 6) is 0.916. The number of hydrogen-bond donors (Lipinski definition) is 2. The zero-order valence-electron chi connectivity index (χ0n) is 12.8. The zero-order chi connectivity index (χ0) is 14.4. The SMILES string of the molecule is CCC(CC)C(O)C(CN)c1ccc(C(C)C)cc1.